The van der Waals surface area contributed by atoms with E-state index >= 15 is 0 Å². The van der Waals surface area contributed by atoms with Gasteiger partial charge >= 0.3 is 7.32 Å². The molecule has 0 unspecified atom stereocenters. The first-order valence-electron chi connectivity index (χ1n) is 8.64. The van der Waals surface area contributed by atoms with Crippen LogP contribution in [0.5, 0.6) is 5.75 Å². The van der Waals surface area contributed by atoms with Gasteiger partial charge in [-0.2, -0.15) is 0 Å². The van der Waals surface area contributed by atoms with Crippen LogP contribution in [0, 0.1) is 0 Å². The molecule has 6 nitrogen and oxygen atoms in total. The third-order valence-corrected chi connectivity index (χ3v) is 4.33. The second-order valence-corrected chi connectivity index (χ2v) is 10.7. The molecule has 0 heterocycles. The van der Waals surface area contributed by atoms with Gasteiger partial charge in [0.15, 0.2) is 0 Å². The van der Waals surface area contributed by atoms with Crippen molar-refractivity contribution in [2.45, 2.75) is 78.2 Å². The first kappa shape index (κ1) is 27.3. The molecule has 0 atom stereocenters. The van der Waals surface area contributed by atoms with Gasteiger partial charge in [0.05, 0.1) is 11.2 Å². The minimum Gasteiger partial charge on any atom is -0.547 e. The Morgan fingerprint density at radius 2 is 1.08 bits per heavy atom. The lowest BCUT2D eigenvalue weighted by atomic mass is 9.87. The molecule has 1 rings (SSSR count). The van der Waals surface area contributed by atoms with Gasteiger partial charge in [0.2, 0.25) is 9.04 Å². The Hall–Kier alpha value is -0.898. The summed E-state index contributed by atoms with van der Waals surface area (Å²) in [6.07, 6.45) is 0. The van der Waals surface area contributed by atoms with Gasteiger partial charge in [0.25, 0.3) is 0 Å². The first-order valence-corrected chi connectivity index (χ1v) is 11.4. The SMILES string of the molecule is CC(C)(O)C(C)(C)O.C[SiH](C)Oc1ccc(C(C)(C)C)cc1.OB(O)O. The Balaban J connectivity index is 0. The lowest BCUT2D eigenvalue weighted by molar-refractivity contribution is -0.107. The minimum atomic E-state index is -2.17. The van der Waals surface area contributed by atoms with Gasteiger partial charge in [-0.15, -0.1) is 0 Å². The lowest BCUT2D eigenvalue weighted by Gasteiger charge is -2.31. The first-order chi connectivity index (χ1) is 11.4. The Morgan fingerprint density at radius 3 is 1.27 bits per heavy atom. The fraction of sp³-hybridized carbons (Fsp3) is 0.667. The fourth-order valence-corrected chi connectivity index (χ4v) is 2.01. The van der Waals surface area contributed by atoms with Crippen LogP contribution in [0.15, 0.2) is 24.3 Å². The summed E-state index contributed by atoms with van der Waals surface area (Å²) in [7, 11) is -3.12. The van der Waals surface area contributed by atoms with E-state index in [4.69, 9.17) is 29.7 Å². The second-order valence-electron chi connectivity index (χ2n) is 8.41. The zero-order chi connectivity index (χ0) is 21.3. The van der Waals surface area contributed by atoms with Crippen LogP contribution in [0.25, 0.3) is 0 Å². The number of rotatable bonds is 3. The number of hydrogen-bond donors (Lipinski definition) is 5. The van der Waals surface area contributed by atoms with E-state index in [0.717, 1.165) is 5.75 Å². The van der Waals surface area contributed by atoms with Crippen molar-refractivity contribution in [3.8, 4) is 5.75 Å². The van der Waals surface area contributed by atoms with Crippen molar-refractivity contribution < 1.29 is 29.7 Å². The normalized spacial score (nSPS) is 11.8. The molecule has 1 aromatic carbocycles. The molecule has 0 aliphatic carbocycles. The van der Waals surface area contributed by atoms with E-state index in [2.05, 4.69) is 58.1 Å². The molecule has 0 aliphatic rings. The summed E-state index contributed by atoms with van der Waals surface area (Å²) in [5, 5.41) is 39.7. The van der Waals surface area contributed by atoms with Crippen molar-refractivity contribution >= 4 is 16.4 Å². The Bertz CT molecular complexity index is 470. The van der Waals surface area contributed by atoms with Crippen molar-refractivity contribution in [1.29, 1.82) is 0 Å². The maximum absolute atomic E-state index is 9.10. The Labute approximate surface area is 160 Å². The summed E-state index contributed by atoms with van der Waals surface area (Å²) in [5.74, 6) is 1.01. The standard InChI is InChI=1S/C12H20OSi.C6H14O2.BH3O3/c1-12(2,3)10-6-8-11(9-7-10)13-14(4)5;1-5(2,7)6(3,4)8;2-1(3)4/h6-9,14H,1-5H3;7-8H,1-4H3;2-4H. The predicted molar refractivity (Wildman–Crippen MR) is 110 cm³/mol. The van der Waals surface area contributed by atoms with Crippen molar-refractivity contribution in [3.63, 3.8) is 0 Å². The summed E-state index contributed by atoms with van der Waals surface area (Å²) in [6, 6.07) is 8.47. The van der Waals surface area contributed by atoms with Crippen LogP contribution >= 0.6 is 0 Å². The van der Waals surface area contributed by atoms with E-state index in [9.17, 15) is 0 Å². The summed E-state index contributed by atoms with van der Waals surface area (Å²) in [4.78, 5) is 0. The third-order valence-electron chi connectivity index (χ3n) is 3.59. The molecule has 0 spiro atoms. The molecule has 26 heavy (non-hydrogen) atoms. The van der Waals surface area contributed by atoms with Gasteiger partial charge in [-0.1, -0.05) is 32.9 Å². The van der Waals surface area contributed by atoms with Gasteiger partial charge < -0.3 is 29.7 Å². The zero-order valence-electron chi connectivity index (χ0n) is 17.6. The maximum atomic E-state index is 9.10. The van der Waals surface area contributed by atoms with Crippen LogP contribution in [-0.4, -0.2) is 52.8 Å². The van der Waals surface area contributed by atoms with Crippen molar-refractivity contribution in [2.75, 3.05) is 0 Å². The Morgan fingerprint density at radius 1 is 0.769 bits per heavy atom. The summed E-state index contributed by atoms with van der Waals surface area (Å²) < 4.78 is 5.72. The van der Waals surface area contributed by atoms with Crippen LogP contribution in [0.2, 0.25) is 13.1 Å². The van der Waals surface area contributed by atoms with Gasteiger partial charge in [-0.25, -0.2) is 0 Å². The topological polar surface area (TPSA) is 110 Å². The van der Waals surface area contributed by atoms with E-state index < -0.39 is 27.6 Å². The number of benzene rings is 1. The van der Waals surface area contributed by atoms with Gasteiger partial charge in [-0.3, -0.25) is 0 Å². The van der Waals surface area contributed by atoms with Crippen molar-refractivity contribution in [3.05, 3.63) is 29.8 Å². The molecule has 0 aromatic heterocycles. The second kappa shape index (κ2) is 11.1. The zero-order valence-corrected chi connectivity index (χ0v) is 18.8. The van der Waals surface area contributed by atoms with Crippen molar-refractivity contribution in [2.24, 2.45) is 0 Å². The highest BCUT2D eigenvalue weighted by Crippen LogP contribution is 2.24. The molecular formula is C18H37BO6Si. The molecule has 0 aliphatic heterocycles. The highest BCUT2D eigenvalue weighted by Gasteiger charge is 2.31. The molecule has 152 valence electrons. The van der Waals surface area contributed by atoms with E-state index in [-0.39, 0.29) is 5.41 Å². The molecule has 0 amide bonds. The molecule has 0 bridgehead atoms. The Kier molecular flexibility index (Phi) is 11.6. The molecular weight excluding hydrogens is 351 g/mol. The predicted octanol–water partition coefficient (Wildman–Crippen LogP) is 1.82. The average Bonchev–Trinajstić information content (AvgIpc) is 2.35. The molecule has 1 aromatic rings. The largest absolute Gasteiger partial charge is 0.631 e. The fourth-order valence-electron chi connectivity index (χ4n) is 1.31. The van der Waals surface area contributed by atoms with Crippen LogP contribution in [0.4, 0.5) is 0 Å². The average molecular weight is 388 g/mol. The smallest absolute Gasteiger partial charge is 0.547 e. The monoisotopic (exact) mass is 388 g/mol. The molecule has 0 fully saturated rings. The van der Waals surface area contributed by atoms with Gasteiger partial charge in [0.1, 0.15) is 5.75 Å². The number of aliphatic hydroxyl groups is 2. The van der Waals surface area contributed by atoms with E-state index in [1.807, 2.05) is 0 Å². The molecule has 0 radical (unpaired) electrons. The van der Waals surface area contributed by atoms with Gasteiger partial charge in [-0.05, 0) is 63.9 Å². The van der Waals surface area contributed by atoms with E-state index in [1.54, 1.807) is 27.7 Å². The lowest BCUT2D eigenvalue weighted by Crippen LogP contribution is -2.44. The van der Waals surface area contributed by atoms with Crippen LogP contribution < -0.4 is 4.43 Å². The quantitative estimate of drug-likeness (QED) is 0.506. The molecule has 5 N–H and O–H groups in total. The maximum Gasteiger partial charge on any atom is 0.631 e. The summed E-state index contributed by atoms with van der Waals surface area (Å²) in [5.41, 5.74) is -0.427. The van der Waals surface area contributed by atoms with Crippen LogP contribution in [0.1, 0.15) is 54.0 Å². The summed E-state index contributed by atoms with van der Waals surface area (Å²) >= 11 is 0. The minimum absolute atomic E-state index is 0.230. The van der Waals surface area contributed by atoms with Crippen LogP contribution in [0.3, 0.4) is 0 Å². The molecule has 8 heteroatoms. The molecule has 0 saturated heterocycles. The third kappa shape index (κ3) is 14.3. The van der Waals surface area contributed by atoms with E-state index in [0.29, 0.717) is 0 Å². The number of hydrogen-bond acceptors (Lipinski definition) is 6. The van der Waals surface area contributed by atoms with Gasteiger partial charge in [0, 0.05) is 0 Å². The van der Waals surface area contributed by atoms with Crippen LogP contribution in [-0.2, 0) is 5.41 Å². The highest BCUT2D eigenvalue weighted by molar-refractivity contribution is 6.49. The van der Waals surface area contributed by atoms with Crippen molar-refractivity contribution in [1.82, 2.24) is 0 Å². The highest BCUT2D eigenvalue weighted by atomic mass is 28.3. The van der Waals surface area contributed by atoms with E-state index in [1.165, 1.54) is 5.56 Å². The summed E-state index contributed by atoms with van der Waals surface area (Å²) in [6.45, 7) is 17.3. The molecule has 0 saturated carbocycles.